The molecule has 4 heteroatoms. The monoisotopic (exact) mass is 302 g/mol. The highest BCUT2D eigenvalue weighted by atomic mass is 19.1. The number of aliphatic hydroxyl groups excluding tert-OH is 1. The molecule has 0 fully saturated rings. The van der Waals surface area contributed by atoms with Crippen LogP contribution in [0, 0.1) is 5.82 Å². The summed E-state index contributed by atoms with van der Waals surface area (Å²) in [6.45, 7) is 1.11. The van der Waals surface area contributed by atoms with Gasteiger partial charge in [-0.25, -0.2) is 4.39 Å². The molecule has 0 aliphatic carbocycles. The van der Waals surface area contributed by atoms with Crippen LogP contribution >= 0.6 is 0 Å². The van der Waals surface area contributed by atoms with Gasteiger partial charge < -0.3 is 16.2 Å². The van der Waals surface area contributed by atoms with E-state index >= 15 is 0 Å². The number of benzene rings is 2. The predicted octanol–water partition coefficient (Wildman–Crippen LogP) is 1.89. The lowest BCUT2D eigenvalue weighted by atomic mass is 10.0. The molecular weight excluding hydrogens is 279 g/mol. The number of nitrogens with one attached hydrogen (secondary N) is 1. The van der Waals surface area contributed by atoms with Crippen molar-refractivity contribution in [3.63, 3.8) is 0 Å². The third-order valence-corrected chi connectivity index (χ3v) is 3.64. The van der Waals surface area contributed by atoms with Crippen molar-refractivity contribution >= 4 is 0 Å². The molecule has 2 aromatic carbocycles. The Bertz CT molecular complexity index is 562. The second kappa shape index (κ2) is 8.63. The summed E-state index contributed by atoms with van der Waals surface area (Å²) in [4.78, 5) is 0. The fourth-order valence-electron chi connectivity index (χ4n) is 2.35. The van der Waals surface area contributed by atoms with Gasteiger partial charge in [-0.2, -0.15) is 0 Å². The van der Waals surface area contributed by atoms with Gasteiger partial charge in [0.05, 0.1) is 6.10 Å². The van der Waals surface area contributed by atoms with Crippen LogP contribution in [0.4, 0.5) is 4.39 Å². The molecule has 22 heavy (non-hydrogen) atoms. The summed E-state index contributed by atoms with van der Waals surface area (Å²) in [7, 11) is 0. The first-order valence-corrected chi connectivity index (χ1v) is 7.58. The maximum atomic E-state index is 13.0. The molecular formula is C18H23FN2O. The van der Waals surface area contributed by atoms with Gasteiger partial charge in [-0.3, -0.25) is 0 Å². The highest BCUT2D eigenvalue weighted by Crippen LogP contribution is 2.05. The molecule has 4 N–H and O–H groups in total. The van der Waals surface area contributed by atoms with Crippen molar-refractivity contribution < 1.29 is 9.50 Å². The van der Waals surface area contributed by atoms with Crippen LogP contribution in [0.3, 0.4) is 0 Å². The Morgan fingerprint density at radius 3 is 2.50 bits per heavy atom. The van der Waals surface area contributed by atoms with E-state index in [4.69, 9.17) is 5.73 Å². The van der Waals surface area contributed by atoms with Crippen LogP contribution in [-0.4, -0.2) is 30.3 Å². The van der Waals surface area contributed by atoms with Gasteiger partial charge in [0.2, 0.25) is 0 Å². The number of halogens is 1. The van der Waals surface area contributed by atoms with Gasteiger partial charge in [0.15, 0.2) is 0 Å². The third-order valence-electron chi connectivity index (χ3n) is 3.64. The van der Waals surface area contributed by atoms with Crippen molar-refractivity contribution in [1.29, 1.82) is 0 Å². The molecule has 0 unspecified atom stereocenters. The zero-order chi connectivity index (χ0) is 15.8. The molecule has 2 atom stereocenters. The van der Waals surface area contributed by atoms with Crippen LogP contribution in [-0.2, 0) is 12.8 Å². The number of hydrogen-bond donors (Lipinski definition) is 3. The molecule has 0 heterocycles. The summed E-state index contributed by atoms with van der Waals surface area (Å²) < 4.78 is 13.0. The average Bonchev–Trinajstić information content (AvgIpc) is 2.52. The lowest BCUT2D eigenvalue weighted by Gasteiger charge is -2.19. The van der Waals surface area contributed by atoms with Crippen molar-refractivity contribution in [3.05, 3.63) is 71.5 Å². The van der Waals surface area contributed by atoms with Crippen LogP contribution in [0.2, 0.25) is 0 Å². The Morgan fingerprint density at radius 1 is 1.05 bits per heavy atom. The van der Waals surface area contributed by atoms with Crippen molar-refractivity contribution in [2.24, 2.45) is 5.73 Å². The van der Waals surface area contributed by atoms with Crippen LogP contribution in [0.1, 0.15) is 11.1 Å². The third kappa shape index (κ3) is 5.56. The quantitative estimate of drug-likeness (QED) is 0.653. The molecule has 2 aromatic rings. The molecule has 0 saturated carbocycles. The Kier molecular flexibility index (Phi) is 6.52. The van der Waals surface area contributed by atoms with Crippen molar-refractivity contribution in [2.45, 2.75) is 25.0 Å². The van der Waals surface area contributed by atoms with Gasteiger partial charge in [0.25, 0.3) is 0 Å². The molecule has 0 aliphatic rings. The van der Waals surface area contributed by atoms with Crippen LogP contribution in [0.5, 0.6) is 0 Å². The van der Waals surface area contributed by atoms with E-state index in [1.165, 1.54) is 12.1 Å². The molecule has 0 aliphatic heterocycles. The number of aliphatic hydroxyl groups is 1. The van der Waals surface area contributed by atoms with Gasteiger partial charge in [-0.15, -0.1) is 0 Å². The predicted molar refractivity (Wildman–Crippen MR) is 87.1 cm³/mol. The zero-order valence-corrected chi connectivity index (χ0v) is 12.6. The maximum Gasteiger partial charge on any atom is 0.123 e. The van der Waals surface area contributed by atoms with Crippen molar-refractivity contribution in [1.82, 2.24) is 5.32 Å². The lowest BCUT2D eigenvalue weighted by Crippen LogP contribution is -2.43. The Balaban J connectivity index is 1.67. The second-order valence-electron chi connectivity index (χ2n) is 5.50. The molecule has 118 valence electrons. The fraction of sp³-hybridized carbons (Fsp3) is 0.333. The van der Waals surface area contributed by atoms with E-state index < -0.39 is 6.10 Å². The van der Waals surface area contributed by atoms with Gasteiger partial charge in [0.1, 0.15) is 5.82 Å². The molecule has 3 nitrogen and oxygen atoms in total. The minimum atomic E-state index is -0.604. The largest absolute Gasteiger partial charge is 0.390 e. The molecule has 2 rings (SSSR count). The van der Waals surface area contributed by atoms with Gasteiger partial charge in [-0.05, 0) is 42.6 Å². The number of hydrogen-bond acceptors (Lipinski definition) is 3. The van der Waals surface area contributed by atoms with E-state index in [1.54, 1.807) is 6.07 Å². The average molecular weight is 302 g/mol. The highest BCUT2D eigenvalue weighted by molar-refractivity contribution is 5.17. The normalized spacial score (nSPS) is 13.8. The van der Waals surface area contributed by atoms with Gasteiger partial charge in [-0.1, -0.05) is 42.5 Å². The van der Waals surface area contributed by atoms with Crippen LogP contribution < -0.4 is 11.1 Å². The summed E-state index contributed by atoms with van der Waals surface area (Å²) in [6, 6.07) is 16.1. The highest BCUT2D eigenvalue weighted by Gasteiger charge is 2.14. The summed E-state index contributed by atoms with van der Waals surface area (Å²) >= 11 is 0. The van der Waals surface area contributed by atoms with E-state index in [9.17, 15) is 9.50 Å². The molecule has 0 amide bonds. The summed E-state index contributed by atoms with van der Waals surface area (Å²) in [5.41, 5.74) is 8.08. The molecule has 0 bridgehead atoms. The fourth-order valence-corrected chi connectivity index (χ4v) is 2.35. The SMILES string of the molecule is N[C@@H](Cc1ccccc1)[C@H](O)CNCCc1cccc(F)c1. The van der Waals surface area contributed by atoms with Crippen molar-refractivity contribution in [2.75, 3.05) is 13.1 Å². The first-order valence-electron chi connectivity index (χ1n) is 7.58. The first kappa shape index (κ1) is 16.6. The number of rotatable bonds is 8. The standard InChI is InChI=1S/C18H23FN2O/c19-16-8-4-7-15(11-16)9-10-21-13-18(22)17(20)12-14-5-2-1-3-6-14/h1-8,11,17-18,21-22H,9-10,12-13,20H2/t17-,18+/m0/s1. The number of nitrogens with two attached hydrogens (primary N) is 1. The smallest absolute Gasteiger partial charge is 0.123 e. The molecule has 0 radical (unpaired) electrons. The van der Waals surface area contributed by atoms with Crippen molar-refractivity contribution in [3.8, 4) is 0 Å². The summed E-state index contributed by atoms with van der Waals surface area (Å²) in [6.07, 6.45) is 0.763. The van der Waals surface area contributed by atoms with Gasteiger partial charge in [0, 0.05) is 12.6 Å². The van der Waals surface area contributed by atoms with Crippen LogP contribution in [0.25, 0.3) is 0 Å². The molecule has 0 aromatic heterocycles. The summed E-state index contributed by atoms with van der Waals surface area (Å²) in [5, 5.41) is 13.2. The van der Waals surface area contributed by atoms with E-state index in [0.717, 1.165) is 17.5 Å². The van der Waals surface area contributed by atoms with Crippen LogP contribution in [0.15, 0.2) is 54.6 Å². The topological polar surface area (TPSA) is 58.3 Å². The summed E-state index contributed by atoms with van der Waals surface area (Å²) in [5.74, 6) is -0.220. The Morgan fingerprint density at radius 2 is 1.77 bits per heavy atom. The van der Waals surface area contributed by atoms with E-state index in [0.29, 0.717) is 19.5 Å². The lowest BCUT2D eigenvalue weighted by molar-refractivity contribution is 0.142. The first-order chi connectivity index (χ1) is 10.6. The maximum absolute atomic E-state index is 13.0. The molecule has 0 saturated heterocycles. The second-order valence-corrected chi connectivity index (χ2v) is 5.50. The Labute approximate surface area is 131 Å². The van der Waals surface area contributed by atoms with E-state index in [1.807, 2.05) is 36.4 Å². The minimum Gasteiger partial charge on any atom is -0.390 e. The van der Waals surface area contributed by atoms with E-state index in [2.05, 4.69) is 5.32 Å². The molecule has 0 spiro atoms. The minimum absolute atomic E-state index is 0.220. The van der Waals surface area contributed by atoms with E-state index in [-0.39, 0.29) is 11.9 Å². The van der Waals surface area contributed by atoms with Gasteiger partial charge >= 0.3 is 0 Å². The Hall–Kier alpha value is -1.75. The zero-order valence-electron chi connectivity index (χ0n) is 12.6.